The Labute approximate surface area is 128 Å². The maximum Gasteiger partial charge on any atom is 0.255 e. The number of rotatable bonds is 4. The van der Waals surface area contributed by atoms with Gasteiger partial charge in [0.25, 0.3) is 5.91 Å². The topological polar surface area (TPSA) is 32.3 Å². The number of likely N-dealkylation sites (tertiary alicyclic amines) is 1. The van der Waals surface area contributed by atoms with E-state index in [1.807, 2.05) is 24.0 Å². The number of amides is 1. The zero-order chi connectivity index (χ0) is 15.1. The first-order valence-electron chi connectivity index (χ1n) is 8.36. The van der Waals surface area contributed by atoms with Crippen LogP contribution in [-0.4, -0.2) is 30.4 Å². The van der Waals surface area contributed by atoms with E-state index in [9.17, 15) is 4.79 Å². The van der Waals surface area contributed by atoms with E-state index in [1.165, 1.54) is 19.3 Å². The van der Waals surface area contributed by atoms with E-state index in [1.54, 1.807) is 0 Å². The van der Waals surface area contributed by atoms with Crippen molar-refractivity contribution in [3.8, 4) is 0 Å². The van der Waals surface area contributed by atoms with E-state index in [0.29, 0.717) is 0 Å². The fraction of sp³-hybridized carbons (Fsp3) is 0.611. The van der Waals surface area contributed by atoms with Gasteiger partial charge in [-0.3, -0.25) is 4.79 Å². The molecule has 0 spiro atoms. The van der Waals surface area contributed by atoms with E-state index in [0.717, 1.165) is 55.7 Å². The summed E-state index contributed by atoms with van der Waals surface area (Å²) in [5.74, 6) is 0.194. The molecule has 3 heteroatoms. The highest BCUT2D eigenvalue weighted by Crippen LogP contribution is 2.21. The summed E-state index contributed by atoms with van der Waals surface area (Å²) in [6.45, 7) is 6.90. The molecule has 0 aliphatic carbocycles. The number of carbonyl (C=O) groups is 1. The highest BCUT2D eigenvalue weighted by molar-refractivity contribution is 5.99. The van der Waals surface area contributed by atoms with Crippen LogP contribution in [0.2, 0.25) is 0 Å². The van der Waals surface area contributed by atoms with Crippen LogP contribution in [0.5, 0.6) is 0 Å². The molecule has 1 aliphatic rings. The molecule has 21 heavy (non-hydrogen) atoms. The maximum absolute atomic E-state index is 12.9. The van der Waals surface area contributed by atoms with Crippen LogP contribution >= 0.6 is 0 Å². The molecule has 0 bridgehead atoms. The third-order valence-electron chi connectivity index (χ3n) is 4.11. The number of anilines is 1. The Kier molecular flexibility index (Phi) is 6.09. The van der Waals surface area contributed by atoms with Crippen molar-refractivity contribution in [1.82, 2.24) is 4.90 Å². The molecule has 1 fully saturated rings. The number of carbonyl (C=O) groups excluding carboxylic acids is 1. The van der Waals surface area contributed by atoms with Gasteiger partial charge in [0.2, 0.25) is 0 Å². The summed E-state index contributed by atoms with van der Waals surface area (Å²) in [6.07, 6.45) is 7.14. The van der Waals surface area contributed by atoms with E-state index >= 15 is 0 Å². The maximum atomic E-state index is 12.9. The number of benzene rings is 1. The molecule has 1 heterocycles. The van der Waals surface area contributed by atoms with Crippen LogP contribution in [0, 0.1) is 6.92 Å². The lowest BCUT2D eigenvalue weighted by Gasteiger charge is -2.26. The summed E-state index contributed by atoms with van der Waals surface area (Å²) < 4.78 is 0. The highest BCUT2D eigenvalue weighted by Gasteiger charge is 2.19. The summed E-state index contributed by atoms with van der Waals surface area (Å²) in [6, 6.07) is 6.14. The molecule has 0 radical (unpaired) electrons. The molecule has 0 aromatic heterocycles. The van der Waals surface area contributed by atoms with Gasteiger partial charge in [0.15, 0.2) is 0 Å². The van der Waals surface area contributed by atoms with Crippen molar-refractivity contribution in [3.63, 3.8) is 0 Å². The smallest absolute Gasteiger partial charge is 0.255 e. The fourth-order valence-corrected chi connectivity index (χ4v) is 2.87. The summed E-state index contributed by atoms with van der Waals surface area (Å²) in [5, 5.41) is 3.39. The Morgan fingerprint density at radius 3 is 2.48 bits per heavy atom. The number of hydrogen-bond acceptors (Lipinski definition) is 2. The summed E-state index contributed by atoms with van der Waals surface area (Å²) in [5.41, 5.74) is 2.96. The van der Waals surface area contributed by atoms with Gasteiger partial charge in [-0.1, -0.05) is 37.8 Å². The van der Waals surface area contributed by atoms with Gasteiger partial charge in [-0.05, 0) is 38.3 Å². The van der Waals surface area contributed by atoms with Crippen LogP contribution in [-0.2, 0) is 0 Å². The second-order valence-electron chi connectivity index (χ2n) is 6.04. The number of nitrogens with one attached hydrogen (secondary N) is 1. The predicted octanol–water partition coefficient (Wildman–Crippen LogP) is 4.22. The number of nitrogens with zero attached hydrogens (tertiary/aromatic N) is 1. The Bertz CT molecular complexity index is 462. The molecule has 0 atom stereocenters. The molecular formula is C18H28N2O. The summed E-state index contributed by atoms with van der Waals surface area (Å²) in [4.78, 5) is 14.9. The van der Waals surface area contributed by atoms with Gasteiger partial charge in [0.1, 0.15) is 0 Å². The minimum Gasteiger partial charge on any atom is -0.384 e. The molecule has 2 rings (SSSR count). The zero-order valence-electron chi connectivity index (χ0n) is 13.5. The second kappa shape index (κ2) is 8.06. The van der Waals surface area contributed by atoms with Crippen molar-refractivity contribution in [1.29, 1.82) is 0 Å². The minimum absolute atomic E-state index is 0.194. The molecule has 3 nitrogen and oxygen atoms in total. The van der Waals surface area contributed by atoms with Crippen molar-refractivity contribution in [2.75, 3.05) is 25.0 Å². The standard InChI is InChI=1S/C18H28N2O/c1-3-11-19-17-10-9-15(2)14-16(17)18(21)20-12-7-5-4-6-8-13-20/h9-10,14,19H,3-8,11-13H2,1-2H3. The first-order valence-corrected chi connectivity index (χ1v) is 8.36. The van der Waals surface area contributed by atoms with E-state index in [2.05, 4.69) is 18.3 Å². The summed E-state index contributed by atoms with van der Waals surface area (Å²) >= 11 is 0. The Morgan fingerprint density at radius 2 is 1.81 bits per heavy atom. The first-order chi connectivity index (χ1) is 10.2. The SMILES string of the molecule is CCCNc1ccc(C)cc1C(=O)N1CCCCCCC1. The quantitative estimate of drug-likeness (QED) is 0.899. The number of aryl methyl sites for hydroxylation is 1. The van der Waals surface area contributed by atoms with Gasteiger partial charge < -0.3 is 10.2 Å². The third-order valence-corrected chi connectivity index (χ3v) is 4.11. The molecule has 0 saturated carbocycles. The zero-order valence-corrected chi connectivity index (χ0v) is 13.5. The fourth-order valence-electron chi connectivity index (χ4n) is 2.87. The van der Waals surface area contributed by atoms with Crippen LogP contribution in [0.25, 0.3) is 0 Å². The lowest BCUT2D eigenvalue weighted by Crippen LogP contribution is -2.34. The molecule has 1 aliphatic heterocycles. The van der Waals surface area contributed by atoms with Crippen molar-refractivity contribution in [2.45, 2.75) is 52.4 Å². The van der Waals surface area contributed by atoms with Gasteiger partial charge in [-0.25, -0.2) is 0 Å². The highest BCUT2D eigenvalue weighted by atomic mass is 16.2. The van der Waals surface area contributed by atoms with Crippen molar-refractivity contribution >= 4 is 11.6 Å². The minimum atomic E-state index is 0.194. The van der Waals surface area contributed by atoms with Crippen molar-refractivity contribution < 1.29 is 4.79 Å². The normalized spacial score (nSPS) is 16.2. The third kappa shape index (κ3) is 4.48. The molecule has 116 valence electrons. The first kappa shape index (κ1) is 15.9. The Morgan fingerprint density at radius 1 is 1.14 bits per heavy atom. The van der Waals surface area contributed by atoms with Crippen LogP contribution in [0.4, 0.5) is 5.69 Å². The lowest BCUT2D eigenvalue weighted by molar-refractivity contribution is 0.0743. The van der Waals surface area contributed by atoms with Crippen molar-refractivity contribution in [2.24, 2.45) is 0 Å². The average Bonchev–Trinajstić information content (AvgIpc) is 2.45. The molecule has 0 unspecified atom stereocenters. The Hall–Kier alpha value is -1.51. The largest absolute Gasteiger partial charge is 0.384 e. The van der Waals surface area contributed by atoms with Crippen LogP contribution in [0.1, 0.15) is 61.4 Å². The molecular weight excluding hydrogens is 260 g/mol. The molecule has 1 aromatic rings. The molecule has 1 amide bonds. The van der Waals surface area contributed by atoms with Gasteiger partial charge in [0.05, 0.1) is 5.56 Å². The number of hydrogen-bond donors (Lipinski definition) is 1. The van der Waals surface area contributed by atoms with E-state index < -0.39 is 0 Å². The lowest BCUT2D eigenvalue weighted by atomic mass is 10.0. The van der Waals surface area contributed by atoms with Gasteiger partial charge >= 0.3 is 0 Å². The van der Waals surface area contributed by atoms with Gasteiger partial charge in [0, 0.05) is 25.3 Å². The molecule has 1 N–H and O–H groups in total. The van der Waals surface area contributed by atoms with Crippen LogP contribution in [0.3, 0.4) is 0 Å². The van der Waals surface area contributed by atoms with Crippen molar-refractivity contribution in [3.05, 3.63) is 29.3 Å². The average molecular weight is 288 g/mol. The Balaban J connectivity index is 2.17. The van der Waals surface area contributed by atoms with Crippen LogP contribution < -0.4 is 5.32 Å². The molecule has 1 aromatic carbocycles. The summed E-state index contributed by atoms with van der Waals surface area (Å²) in [7, 11) is 0. The monoisotopic (exact) mass is 288 g/mol. The van der Waals surface area contributed by atoms with Crippen LogP contribution in [0.15, 0.2) is 18.2 Å². The predicted molar refractivity (Wildman–Crippen MR) is 88.9 cm³/mol. The van der Waals surface area contributed by atoms with Gasteiger partial charge in [-0.15, -0.1) is 0 Å². The second-order valence-corrected chi connectivity index (χ2v) is 6.04. The van der Waals surface area contributed by atoms with E-state index in [-0.39, 0.29) is 5.91 Å². The van der Waals surface area contributed by atoms with Gasteiger partial charge in [-0.2, -0.15) is 0 Å². The molecule has 1 saturated heterocycles. The van der Waals surface area contributed by atoms with E-state index in [4.69, 9.17) is 0 Å².